The fourth-order valence-electron chi connectivity index (χ4n) is 5.00. The SMILES string of the molecule is CCC(=O)OC1=C(c2c(C)cccc2C)C(=O)N(OC)C12CCC1(CC2)OCCO1. The molecule has 4 rings (SSSR count). The molecular formula is C23H29NO6. The van der Waals surface area contributed by atoms with Gasteiger partial charge in [-0.15, -0.1) is 0 Å². The van der Waals surface area contributed by atoms with Crippen LogP contribution in [0.5, 0.6) is 0 Å². The Kier molecular flexibility index (Phi) is 5.46. The molecule has 0 radical (unpaired) electrons. The van der Waals surface area contributed by atoms with Crippen molar-refractivity contribution < 1.29 is 28.6 Å². The summed E-state index contributed by atoms with van der Waals surface area (Å²) in [5.41, 5.74) is 2.26. The Labute approximate surface area is 176 Å². The van der Waals surface area contributed by atoms with Crippen molar-refractivity contribution in [2.45, 2.75) is 64.2 Å². The molecule has 1 aliphatic carbocycles. The Morgan fingerprint density at radius 3 is 2.23 bits per heavy atom. The fourth-order valence-corrected chi connectivity index (χ4v) is 5.00. The highest BCUT2D eigenvalue weighted by Crippen LogP contribution is 2.53. The molecule has 1 aromatic carbocycles. The van der Waals surface area contributed by atoms with E-state index >= 15 is 0 Å². The van der Waals surface area contributed by atoms with Gasteiger partial charge in [-0.3, -0.25) is 14.4 Å². The van der Waals surface area contributed by atoms with Crippen LogP contribution in [-0.4, -0.2) is 48.6 Å². The van der Waals surface area contributed by atoms with Crippen molar-refractivity contribution in [2.75, 3.05) is 20.3 Å². The lowest BCUT2D eigenvalue weighted by Crippen LogP contribution is -2.54. The van der Waals surface area contributed by atoms with E-state index in [1.165, 1.54) is 12.2 Å². The smallest absolute Gasteiger partial charge is 0.310 e. The first-order valence-electron chi connectivity index (χ1n) is 10.6. The summed E-state index contributed by atoms with van der Waals surface area (Å²) in [5, 5.41) is 1.40. The first kappa shape index (κ1) is 21.0. The number of benzene rings is 1. The van der Waals surface area contributed by atoms with Gasteiger partial charge in [0.15, 0.2) is 5.79 Å². The van der Waals surface area contributed by atoms with E-state index in [9.17, 15) is 9.59 Å². The van der Waals surface area contributed by atoms with E-state index in [0.29, 0.717) is 50.2 Å². The number of hydroxylamine groups is 2. The molecule has 3 aliphatic rings. The molecule has 7 nitrogen and oxygen atoms in total. The zero-order valence-corrected chi connectivity index (χ0v) is 18.1. The third-order valence-corrected chi connectivity index (χ3v) is 6.51. The molecule has 2 aliphatic heterocycles. The molecule has 2 fully saturated rings. The summed E-state index contributed by atoms with van der Waals surface area (Å²) in [5.74, 6) is -0.869. The second-order valence-corrected chi connectivity index (χ2v) is 8.22. The van der Waals surface area contributed by atoms with Crippen molar-refractivity contribution in [1.29, 1.82) is 0 Å². The highest BCUT2D eigenvalue weighted by Gasteiger charge is 2.59. The summed E-state index contributed by atoms with van der Waals surface area (Å²) in [6.45, 7) is 6.80. The van der Waals surface area contributed by atoms with Crippen LogP contribution in [-0.2, 0) is 28.6 Å². The van der Waals surface area contributed by atoms with Gasteiger partial charge in [0.25, 0.3) is 5.91 Å². The minimum atomic E-state index is -0.860. The van der Waals surface area contributed by atoms with E-state index in [-0.39, 0.29) is 18.3 Å². The number of rotatable bonds is 4. The second kappa shape index (κ2) is 7.80. The first-order valence-corrected chi connectivity index (χ1v) is 10.6. The van der Waals surface area contributed by atoms with Gasteiger partial charge in [0.1, 0.15) is 11.3 Å². The largest absolute Gasteiger partial charge is 0.428 e. The van der Waals surface area contributed by atoms with Crippen LogP contribution in [0.25, 0.3) is 5.57 Å². The Balaban J connectivity index is 1.86. The Hall–Kier alpha value is -2.22. The van der Waals surface area contributed by atoms with Gasteiger partial charge in [0, 0.05) is 19.3 Å². The number of hydrogen-bond acceptors (Lipinski definition) is 6. The van der Waals surface area contributed by atoms with Crippen molar-refractivity contribution in [3.05, 3.63) is 40.6 Å². The van der Waals surface area contributed by atoms with Gasteiger partial charge in [0.2, 0.25) is 0 Å². The molecular weight excluding hydrogens is 386 g/mol. The highest BCUT2D eigenvalue weighted by molar-refractivity contribution is 6.23. The lowest BCUT2D eigenvalue weighted by Gasteiger charge is -2.45. The summed E-state index contributed by atoms with van der Waals surface area (Å²) in [4.78, 5) is 31.6. The maximum atomic E-state index is 13.6. The number of amides is 1. The minimum Gasteiger partial charge on any atom is -0.428 e. The Bertz CT molecular complexity index is 869. The molecule has 2 heterocycles. The highest BCUT2D eigenvalue weighted by atomic mass is 16.7. The van der Waals surface area contributed by atoms with E-state index in [1.54, 1.807) is 6.92 Å². The predicted octanol–water partition coefficient (Wildman–Crippen LogP) is 3.43. The van der Waals surface area contributed by atoms with E-state index in [4.69, 9.17) is 19.0 Å². The van der Waals surface area contributed by atoms with E-state index in [0.717, 1.165) is 16.7 Å². The van der Waals surface area contributed by atoms with Gasteiger partial charge >= 0.3 is 5.97 Å². The zero-order chi connectivity index (χ0) is 21.5. The maximum absolute atomic E-state index is 13.6. The molecule has 0 bridgehead atoms. The van der Waals surface area contributed by atoms with Crippen molar-refractivity contribution in [3.8, 4) is 0 Å². The van der Waals surface area contributed by atoms with Gasteiger partial charge in [-0.1, -0.05) is 25.1 Å². The average molecular weight is 415 g/mol. The molecule has 0 unspecified atom stereocenters. The van der Waals surface area contributed by atoms with Crippen LogP contribution in [0.15, 0.2) is 24.0 Å². The third kappa shape index (κ3) is 3.16. The van der Waals surface area contributed by atoms with Crippen molar-refractivity contribution in [1.82, 2.24) is 5.06 Å². The summed E-state index contributed by atoms with van der Waals surface area (Å²) < 4.78 is 17.7. The number of nitrogens with zero attached hydrogens (tertiary/aromatic N) is 1. The van der Waals surface area contributed by atoms with Crippen LogP contribution in [0, 0.1) is 13.8 Å². The molecule has 0 aromatic heterocycles. The van der Waals surface area contributed by atoms with Crippen LogP contribution >= 0.6 is 0 Å². The molecule has 0 atom stereocenters. The van der Waals surface area contributed by atoms with Crippen molar-refractivity contribution in [2.24, 2.45) is 0 Å². The lowest BCUT2D eigenvalue weighted by molar-refractivity contribution is -0.233. The molecule has 2 spiro atoms. The summed E-state index contributed by atoms with van der Waals surface area (Å²) in [6, 6.07) is 5.87. The standard InChI is InChI=1S/C23H29NO6/c1-5-17(25)30-20-19(18-15(2)7-6-8-16(18)3)21(26)24(27-4)22(20)9-11-23(12-10-22)28-13-14-29-23/h6-8H,5,9-14H2,1-4H3. The summed E-state index contributed by atoms with van der Waals surface area (Å²) in [6.07, 6.45) is 2.44. The minimum absolute atomic E-state index is 0.219. The molecule has 0 N–H and O–H groups in total. The Morgan fingerprint density at radius 1 is 1.10 bits per heavy atom. The van der Waals surface area contributed by atoms with Crippen LogP contribution in [0.3, 0.4) is 0 Å². The van der Waals surface area contributed by atoms with Gasteiger partial charge in [-0.2, -0.15) is 0 Å². The van der Waals surface area contributed by atoms with Crippen LogP contribution in [0.4, 0.5) is 0 Å². The number of hydrogen-bond donors (Lipinski definition) is 0. The van der Waals surface area contributed by atoms with E-state index in [2.05, 4.69) is 0 Å². The third-order valence-electron chi connectivity index (χ3n) is 6.51. The molecule has 1 aromatic rings. The number of ether oxygens (including phenoxy) is 3. The monoisotopic (exact) mass is 415 g/mol. The number of carbonyl (C=O) groups is 2. The number of carbonyl (C=O) groups excluding carboxylic acids is 2. The zero-order valence-electron chi connectivity index (χ0n) is 18.1. The van der Waals surface area contributed by atoms with E-state index < -0.39 is 11.3 Å². The average Bonchev–Trinajstić information content (AvgIpc) is 3.27. The van der Waals surface area contributed by atoms with Gasteiger partial charge < -0.3 is 14.2 Å². The molecule has 30 heavy (non-hydrogen) atoms. The topological polar surface area (TPSA) is 74.3 Å². The quantitative estimate of drug-likeness (QED) is 0.702. The predicted molar refractivity (Wildman–Crippen MR) is 109 cm³/mol. The lowest BCUT2D eigenvalue weighted by atomic mass is 9.77. The normalized spacial score (nSPS) is 22.4. The van der Waals surface area contributed by atoms with Gasteiger partial charge in [0.05, 0.1) is 25.9 Å². The van der Waals surface area contributed by atoms with Crippen LogP contribution in [0.1, 0.15) is 55.7 Å². The van der Waals surface area contributed by atoms with Gasteiger partial charge in [-0.05, 0) is 43.4 Å². The van der Waals surface area contributed by atoms with Gasteiger partial charge in [-0.25, -0.2) is 5.06 Å². The van der Waals surface area contributed by atoms with E-state index in [1.807, 2.05) is 32.0 Å². The summed E-state index contributed by atoms with van der Waals surface area (Å²) in [7, 11) is 1.49. The molecule has 1 saturated heterocycles. The maximum Gasteiger partial charge on any atom is 0.310 e. The van der Waals surface area contributed by atoms with Crippen molar-refractivity contribution >= 4 is 17.4 Å². The molecule has 1 saturated carbocycles. The van der Waals surface area contributed by atoms with Crippen molar-refractivity contribution in [3.63, 3.8) is 0 Å². The number of aryl methyl sites for hydroxylation is 2. The van der Waals surface area contributed by atoms with Crippen LogP contribution < -0.4 is 0 Å². The molecule has 7 heteroatoms. The fraction of sp³-hybridized carbons (Fsp3) is 0.565. The molecule has 162 valence electrons. The number of esters is 1. The molecule has 1 amide bonds. The summed E-state index contributed by atoms with van der Waals surface area (Å²) >= 11 is 0. The van der Waals surface area contributed by atoms with Crippen LogP contribution in [0.2, 0.25) is 0 Å². The first-order chi connectivity index (χ1) is 14.4. The Morgan fingerprint density at radius 2 is 1.70 bits per heavy atom. The second-order valence-electron chi connectivity index (χ2n) is 8.22.